The third kappa shape index (κ3) is 8.72. The molecule has 2 aliphatic heterocycles. The normalized spacial score (nSPS) is 15.4. The molecule has 0 saturated carbocycles. The van der Waals surface area contributed by atoms with Crippen molar-refractivity contribution in [1.29, 1.82) is 0 Å². The molecule has 12 heteroatoms. The first kappa shape index (κ1) is 26.1. The smallest absolute Gasteiger partial charge is 0.292 e. The lowest BCUT2D eigenvalue weighted by Crippen LogP contribution is -2.36. The van der Waals surface area contributed by atoms with E-state index in [1.165, 1.54) is 43.5 Å². The fourth-order valence-corrected chi connectivity index (χ4v) is 3.29. The number of anilines is 3. The molecule has 33 heavy (non-hydrogen) atoms. The van der Waals surface area contributed by atoms with Crippen LogP contribution in [0.2, 0.25) is 5.02 Å². The molecule has 0 spiro atoms. The van der Waals surface area contributed by atoms with Crippen molar-refractivity contribution < 1.29 is 19.3 Å². The van der Waals surface area contributed by atoms with Crippen molar-refractivity contribution in [3.8, 4) is 0 Å². The fraction of sp³-hybridized carbons (Fsp3) is 0.429. The van der Waals surface area contributed by atoms with E-state index >= 15 is 0 Å². The molecule has 0 aliphatic carbocycles. The van der Waals surface area contributed by atoms with Crippen molar-refractivity contribution in [2.45, 2.75) is 19.3 Å². The van der Waals surface area contributed by atoms with Gasteiger partial charge in [0.05, 0.1) is 23.1 Å². The molecule has 2 aromatic rings. The third-order valence-corrected chi connectivity index (χ3v) is 5.08. The quantitative estimate of drug-likeness (QED) is 0.374. The van der Waals surface area contributed by atoms with Gasteiger partial charge in [-0.15, -0.1) is 0 Å². The Balaban J connectivity index is 0.000000195. The first-order valence-electron chi connectivity index (χ1n) is 10.4. The minimum atomic E-state index is -0.550. The summed E-state index contributed by atoms with van der Waals surface area (Å²) in [5.74, 6) is 0. The van der Waals surface area contributed by atoms with Crippen LogP contribution in [0.4, 0.5) is 28.4 Å². The minimum Gasteiger partial charge on any atom is -0.393 e. The zero-order chi connectivity index (χ0) is 24.2. The van der Waals surface area contributed by atoms with Crippen LogP contribution in [0.3, 0.4) is 0 Å². The largest absolute Gasteiger partial charge is 0.393 e. The van der Waals surface area contributed by atoms with Crippen LogP contribution in [-0.2, 0) is 9.47 Å². The van der Waals surface area contributed by atoms with Crippen LogP contribution in [0.1, 0.15) is 19.3 Å². The summed E-state index contributed by atoms with van der Waals surface area (Å²) in [6.07, 6.45) is 3.93. The number of morpholine rings is 1. The van der Waals surface area contributed by atoms with Crippen molar-refractivity contribution in [1.82, 2.24) is 0 Å². The average molecular weight is 482 g/mol. The van der Waals surface area contributed by atoms with E-state index in [0.717, 1.165) is 32.0 Å². The van der Waals surface area contributed by atoms with Crippen molar-refractivity contribution in [2.75, 3.05) is 55.9 Å². The van der Waals surface area contributed by atoms with E-state index in [4.69, 9.17) is 32.5 Å². The lowest BCUT2D eigenvalue weighted by Gasteiger charge is -2.28. The van der Waals surface area contributed by atoms with E-state index in [0.29, 0.717) is 18.2 Å². The lowest BCUT2D eigenvalue weighted by atomic mass is 10.2. The molecule has 4 rings (SSSR count). The summed E-state index contributed by atoms with van der Waals surface area (Å²) in [4.78, 5) is 21.9. The van der Waals surface area contributed by atoms with Gasteiger partial charge in [0.15, 0.2) is 0 Å². The number of hydrogen-bond donors (Lipinski definition) is 2. The van der Waals surface area contributed by atoms with Crippen LogP contribution in [0, 0.1) is 20.2 Å². The fourth-order valence-electron chi connectivity index (χ4n) is 3.11. The Hall–Kier alpha value is -3.15. The third-order valence-electron chi connectivity index (χ3n) is 4.85. The summed E-state index contributed by atoms with van der Waals surface area (Å²) in [5, 5.41) is 21.2. The van der Waals surface area contributed by atoms with Gasteiger partial charge in [-0.3, -0.25) is 20.2 Å². The summed E-state index contributed by atoms with van der Waals surface area (Å²) >= 11 is 5.52. The van der Waals surface area contributed by atoms with Gasteiger partial charge in [0.25, 0.3) is 11.4 Å². The second kappa shape index (κ2) is 13.4. The Morgan fingerprint density at radius 3 is 1.73 bits per heavy atom. The van der Waals surface area contributed by atoms with Crippen molar-refractivity contribution in [3.63, 3.8) is 0 Å². The molecule has 0 aromatic heterocycles. The van der Waals surface area contributed by atoms with Crippen molar-refractivity contribution in [3.05, 3.63) is 61.6 Å². The molecule has 2 aliphatic rings. The number of ether oxygens (including phenoxy) is 2. The molecule has 0 bridgehead atoms. The number of nitro benzene ring substituents is 2. The SMILES string of the molecule is C1CCOCC1.Nc1cc(Cl)ccc1[N+](=O)[O-].Nc1cc(N2CCOCC2)ccc1[N+](=O)[O-]. The highest BCUT2D eigenvalue weighted by Gasteiger charge is 2.16. The average Bonchev–Trinajstić information content (AvgIpc) is 2.81. The van der Waals surface area contributed by atoms with Gasteiger partial charge in [0.2, 0.25) is 0 Å². The van der Waals surface area contributed by atoms with Crippen LogP contribution in [0.25, 0.3) is 0 Å². The summed E-state index contributed by atoms with van der Waals surface area (Å²) in [6, 6.07) is 8.86. The van der Waals surface area contributed by atoms with E-state index in [2.05, 4.69) is 4.90 Å². The van der Waals surface area contributed by atoms with Gasteiger partial charge in [-0.1, -0.05) is 11.6 Å². The summed E-state index contributed by atoms with van der Waals surface area (Å²) in [6.45, 7) is 4.93. The van der Waals surface area contributed by atoms with Crippen LogP contribution >= 0.6 is 11.6 Å². The number of hydrogen-bond acceptors (Lipinski definition) is 9. The first-order chi connectivity index (χ1) is 15.8. The van der Waals surface area contributed by atoms with E-state index in [1.54, 1.807) is 12.1 Å². The highest BCUT2D eigenvalue weighted by molar-refractivity contribution is 6.30. The predicted octanol–water partition coefficient (Wildman–Crippen LogP) is 4.03. The monoisotopic (exact) mass is 481 g/mol. The van der Waals surface area contributed by atoms with Crippen molar-refractivity contribution >= 4 is 40.0 Å². The van der Waals surface area contributed by atoms with Crippen molar-refractivity contribution in [2.24, 2.45) is 0 Å². The van der Waals surface area contributed by atoms with E-state index in [9.17, 15) is 20.2 Å². The predicted molar refractivity (Wildman–Crippen MR) is 128 cm³/mol. The van der Waals surface area contributed by atoms with Crippen LogP contribution in [0.5, 0.6) is 0 Å². The van der Waals surface area contributed by atoms with Crippen LogP contribution in [0.15, 0.2) is 36.4 Å². The number of benzene rings is 2. The Morgan fingerprint density at radius 2 is 1.30 bits per heavy atom. The molecule has 4 N–H and O–H groups in total. The summed E-state index contributed by atoms with van der Waals surface area (Å²) in [7, 11) is 0. The molecular formula is C21H28ClN5O6. The standard InChI is InChI=1S/C10H13N3O3.C6H5ClN2O2.C5H10O/c11-9-7-8(1-2-10(9)13(14)15)12-3-5-16-6-4-12;7-4-1-2-6(9(10)11)5(8)3-4;1-2-4-6-5-3-1/h1-2,7H,3-6,11H2;1-3H,8H2;1-5H2. The number of nitrogens with zero attached hydrogens (tertiary/aromatic N) is 3. The lowest BCUT2D eigenvalue weighted by molar-refractivity contribution is -0.384. The van der Waals surface area contributed by atoms with Gasteiger partial charge in [-0.05, 0) is 43.5 Å². The topological polar surface area (TPSA) is 160 Å². The number of nitrogens with two attached hydrogens (primary N) is 2. The summed E-state index contributed by atoms with van der Waals surface area (Å²) < 4.78 is 10.3. The first-order valence-corrected chi connectivity index (χ1v) is 10.8. The molecule has 2 heterocycles. The maximum Gasteiger partial charge on any atom is 0.292 e. The number of nitro groups is 2. The number of nitrogen functional groups attached to an aromatic ring is 2. The van der Waals surface area contributed by atoms with E-state index in [1.807, 2.05) is 0 Å². The minimum absolute atomic E-state index is 0.0444. The van der Waals surface area contributed by atoms with Gasteiger partial charge in [0.1, 0.15) is 11.4 Å². The molecule has 2 aromatic carbocycles. The highest BCUT2D eigenvalue weighted by atomic mass is 35.5. The molecule has 0 unspecified atom stereocenters. The highest BCUT2D eigenvalue weighted by Crippen LogP contribution is 2.27. The molecule has 0 amide bonds. The van der Waals surface area contributed by atoms with Gasteiger partial charge in [-0.2, -0.15) is 0 Å². The van der Waals surface area contributed by atoms with E-state index in [-0.39, 0.29) is 22.7 Å². The molecular weight excluding hydrogens is 454 g/mol. The molecule has 2 saturated heterocycles. The van der Waals surface area contributed by atoms with Gasteiger partial charge in [0, 0.05) is 49.1 Å². The van der Waals surface area contributed by atoms with Gasteiger partial charge in [-0.25, -0.2) is 0 Å². The van der Waals surface area contributed by atoms with Crippen LogP contribution in [-0.4, -0.2) is 49.4 Å². The van der Waals surface area contributed by atoms with Gasteiger partial charge < -0.3 is 25.8 Å². The summed E-state index contributed by atoms with van der Waals surface area (Å²) in [5.41, 5.74) is 12.0. The zero-order valence-electron chi connectivity index (χ0n) is 18.2. The number of halogens is 1. The Morgan fingerprint density at radius 1 is 0.788 bits per heavy atom. The second-order valence-corrected chi connectivity index (χ2v) is 7.67. The Labute approximate surface area is 196 Å². The maximum atomic E-state index is 10.6. The zero-order valence-corrected chi connectivity index (χ0v) is 18.9. The molecule has 2 fully saturated rings. The Bertz CT molecular complexity index is 924. The van der Waals surface area contributed by atoms with E-state index < -0.39 is 9.85 Å². The van der Waals surface area contributed by atoms with Crippen LogP contribution < -0.4 is 16.4 Å². The molecule has 0 radical (unpaired) electrons. The molecule has 0 atom stereocenters. The Kier molecular flexibility index (Phi) is 10.6. The van der Waals surface area contributed by atoms with Gasteiger partial charge >= 0.3 is 0 Å². The second-order valence-electron chi connectivity index (χ2n) is 7.23. The maximum absolute atomic E-state index is 10.6. The molecule has 180 valence electrons. The number of rotatable bonds is 3. The molecule has 11 nitrogen and oxygen atoms in total.